The Hall–Kier alpha value is -8.42. The third kappa shape index (κ3) is 23.0. The van der Waals surface area contributed by atoms with E-state index in [1.807, 2.05) is 0 Å². The number of nitrogens with zero attached hydrogens (tertiary/aromatic N) is 4. The molecule has 0 radical (unpaired) electrons. The average molecular weight is 1010 g/mol. The molecule has 0 saturated heterocycles. The van der Waals surface area contributed by atoms with Crippen LogP contribution in [0.4, 0.5) is 47.3 Å². The van der Waals surface area contributed by atoms with Crippen molar-refractivity contribution in [3.8, 4) is 23.6 Å². The Bertz CT molecular complexity index is 2180. The van der Waals surface area contributed by atoms with E-state index in [0.717, 1.165) is 48.6 Å². The van der Waals surface area contributed by atoms with E-state index in [9.17, 15) is 65.6 Å². The third-order valence-corrected chi connectivity index (χ3v) is 8.57. The summed E-state index contributed by atoms with van der Waals surface area (Å²) in [4.78, 5) is 74.3. The van der Waals surface area contributed by atoms with Crippen LogP contribution < -0.4 is 19.3 Å². The number of halogens is 6. The van der Waals surface area contributed by atoms with Crippen molar-refractivity contribution < 1.29 is 102 Å². The van der Waals surface area contributed by atoms with Crippen molar-refractivity contribution in [3.63, 3.8) is 0 Å². The number of rotatable bonds is 28. The lowest BCUT2D eigenvalue weighted by atomic mass is 10.1. The molecule has 0 atom stereocenters. The Labute approximate surface area is 401 Å². The molecule has 0 saturated carbocycles. The molecule has 0 spiro atoms. The van der Waals surface area contributed by atoms with Crippen LogP contribution >= 0.6 is 0 Å². The molecule has 26 heteroatoms. The van der Waals surface area contributed by atoms with Crippen molar-refractivity contribution in [3.05, 3.63) is 84.0 Å². The highest BCUT2D eigenvalue weighted by Gasteiger charge is 2.34. The lowest BCUT2D eigenvalue weighted by Gasteiger charge is -2.24. The largest absolute Gasteiger partial charge is 0.573 e. The Balaban J connectivity index is 1.89. The van der Waals surface area contributed by atoms with E-state index in [1.54, 1.807) is 13.8 Å². The predicted molar refractivity (Wildman–Crippen MR) is 233 cm³/mol. The van der Waals surface area contributed by atoms with E-state index in [4.69, 9.17) is 28.4 Å². The van der Waals surface area contributed by atoms with E-state index < -0.39 is 84.8 Å². The van der Waals surface area contributed by atoms with E-state index in [0.29, 0.717) is 0 Å². The van der Waals surface area contributed by atoms with Gasteiger partial charge >= 0.3 is 48.9 Å². The van der Waals surface area contributed by atoms with Gasteiger partial charge in [-0.05, 0) is 50.3 Å². The van der Waals surface area contributed by atoms with Gasteiger partial charge in [-0.1, -0.05) is 13.2 Å². The molecule has 0 bridgehead atoms. The van der Waals surface area contributed by atoms with Crippen molar-refractivity contribution >= 4 is 59.7 Å². The lowest BCUT2D eigenvalue weighted by molar-refractivity contribution is -0.275. The number of benzene rings is 2. The number of carbonyl (C=O) groups excluding carboxylic acids is 6. The Morgan fingerprint density at radius 1 is 0.549 bits per heavy atom. The molecule has 0 amide bonds. The fraction of sp³-hybridized carbons (Fsp3) is 0.378. The van der Waals surface area contributed by atoms with Gasteiger partial charge in [0.1, 0.15) is 74.4 Å². The summed E-state index contributed by atoms with van der Waals surface area (Å²) in [6, 6.07) is 10.1. The summed E-state index contributed by atoms with van der Waals surface area (Å²) in [5, 5.41) is 18.9. The molecular formula is C45H46F6N4O16. The first-order chi connectivity index (χ1) is 33.7. The van der Waals surface area contributed by atoms with Gasteiger partial charge in [0.15, 0.2) is 0 Å². The maximum Gasteiger partial charge on any atom is 0.573 e. The second-order valence-corrected chi connectivity index (χ2v) is 13.3. The Morgan fingerprint density at radius 3 is 1.23 bits per heavy atom. The lowest BCUT2D eigenvalue weighted by Crippen LogP contribution is -2.28. The van der Waals surface area contributed by atoms with Crippen LogP contribution in [0.1, 0.15) is 31.4 Å². The first kappa shape index (κ1) is 58.7. The second kappa shape index (κ2) is 30.1. The molecule has 384 valence electrons. The quantitative estimate of drug-likeness (QED) is 0.0210. The van der Waals surface area contributed by atoms with E-state index in [1.165, 1.54) is 34.1 Å². The highest BCUT2D eigenvalue weighted by atomic mass is 19.4. The number of nitriles is 2. The number of anilines is 2. The molecule has 0 unspecified atom stereocenters. The van der Waals surface area contributed by atoms with Crippen LogP contribution in [0.2, 0.25) is 0 Å². The number of hydrogen-bond donors (Lipinski definition) is 0. The van der Waals surface area contributed by atoms with Crippen LogP contribution in [0, 0.1) is 22.7 Å². The van der Waals surface area contributed by atoms with Gasteiger partial charge in [-0.15, -0.1) is 26.3 Å². The highest BCUT2D eigenvalue weighted by Crippen LogP contribution is 2.34. The van der Waals surface area contributed by atoms with Crippen molar-refractivity contribution in [1.82, 2.24) is 0 Å². The molecule has 0 aromatic heterocycles. The van der Waals surface area contributed by atoms with Crippen LogP contribution in [0.25, 0.3) is 12.2 Å². The summed E-state index contributed by atoms with van der Waals surface area (Å²) in [5.41, 5.74) is -1.67. The van der Waals surface area contributed by atoms with E-state index in [-0.39, 0.29) is 94.7 Å². The maximum atomic E-state index is 13.4. The second-order valence-electron chi connectivity index (χ2n) is 13.3. The smallest absolute Gasteiger partial charge is 0.459 e. The van der Waals surface area contributed by atoms with Gasteiger partial charge < -0.3 is 57.2 Å². The summed E-state index contributed by atoms with van der Waals surface area (Å²) in [6.07, 6.45) is -9.24. The van der Waals surface area contributed by atoms with Gasteiger partial charge in [0.2, 0.25) is 0 Å². The summed E-state index contributed by atoms with van der Waals surface area (Å²) in [6.45, 7) is 7.18. The number of alkyl halides is 6. The molecular weight excluding hydrogens is 966 g/mol. The van der Waals surface area contributed by atoms with Gasteiger partial charge in [0.25, 0.3) is 0 Å². The molecule has 0 N–H and O–H groups in total. The van der Waals surface area contributed by atoms with Crippen LogP contribution in [-0.4, -0.2) is 128 Å². The molecule has 2 aromatic rings. The SMILES string of the molecule is C=CC(=O)OCCOC(=O)/C(C#N)=C/c1ccc(N(CC)CCOC(=O)OCCCOC(=O)OCCN(CC)c2ccc(/C=C(\C#N)C(=O)OCCOC(=O)C=C)c(OC(F)(F)F)c2)cc1OC(F)(F)F. The zero-order chi connectivity index (χ0) is 53.0. The van der Waals surface area contributed by atoms with Crippen molar-refractivity contribution in [2.45, 2.75) is 33.0 Å². The first-order valence-electron chi connectivity index (χ1n) is 20.7. The first-order valence-corrected chi connectivity index (χ1v) is 20.7. The van der Waals surface area contributed by atoms with Gasteiger partial charge in [-0.2, -0.15) is 10.5 Å². The van der Waals surface area contributed by atoms with Crippen LogP contribution in [0.15, 0.2) is 72.9 Å². The van der Waals surface area contributed by atoms with E-state index >= 15 is 0 Å². The summed E-state index contributed by atoms with van der Waals surface area (Å²) in [5.74, 6) is -5.57. The zero-order valence-electron chi connectivity index (χ0n) is 38.0. The molecule has 71 heavy (non-hydrogen) atoms. The standard InChI is InChI=1S/C45H46F6N4O16/c1-5-38(56)62-20-22-64-40(58)32(28-52)24-30-10-12-34(26-36(30)70-44(46,47)48)54(7-3)14-18-68-42(60)66-16-9-17-67-43(61)69-19-15-55(8-4)35-13-11-31(37(27-35)71-45(49,50)51)25-33(29-53)41(59)65-23-21-63-39(57)6-2/h5-6,10-13,24-27H,1-2,7-9,14-23H2,3-4H3/b32-24+,33-25+. The summed E-state index contributed by atoms with van der Waals surface area (Å²) in [7, 11) is 0. The van der Waals surface area contributed by atoms with Crippen molar-refractivity contribution in [1.29, 1.82) is 10.5 Å². The minimum atomic E-state index is -5.18. The predicted octanol–water partition coefficient (Wildman–Crippen LogP) is 6.89. The minimum absolute atomic E-state index is 0.00921. The molecule has 0 aliphatic rings. The fourth-order valence-electron chi connectivity index (χ4n) is 5.39. The van der Waals surface area contributed by atoms with E-state index in [2.05, 4.69) is 32.1 Å². The fourth-order valence-corrected chi connectivity index (χ4v) is 5.39. The average Bonchev–Trinajstić information content (AvgIpc) is 3.32. The van der Waals surface area contributed by atoms with Gasteiger partial charge in [-0.3, -0.25) is 0 Å². The molecule has 2 rings (SSSR count). The number of hydrogen-bond acceptors (Lipinski definition) is 20. The minimum Gasteiger partial charge on any atom is -0.459 e. The monoisotopic (exact) mass is 1010 g/mol. The third-order valence-electron chi connectivity index (χ3n) is 8.57. The molecule has 0 fully saturated rings. The zero-order valence-corrected chi connectivity index (χ0v) is 38.0. The van der Waals surface area contributed by atoms with Crippen LogP contribution in [-0.2, 0) is 57.1 Å². The van der Waals surface area contributed by atoms with Gasteiger partial charge in [-0.25, -0.2) is 28.8 Å². The summed E-state index contributed by atoms with van der Waals surface area (Å²) >= 11 is 0. The molecule has 0 heterocycles. The number of likely N-dealkylation sites (N-methyl/N-ethyl adjacent to an activating group) is 2. The molecule has 2 aromatic carbocycles. The maximum absolute atomic E-state index is 13.4. The Kier molecular flexibility index (Phi) is 24.9. The topological polar surface area (TPSA) is 249 Å². The van der Waals surface area contributed by atoms with Crippen LogP contribution in [0.5, 0.6) is 11.5 Å². The summed E-state index contributed by atoms with van der Waals surface area (Å²) < 4.78 is 127. The Morgan fingerprint density at radius 2 is 0.901 bits per heavy atom. The van der Waals surface area contributed by atoms with Gasteiger partial charge in [0.05, 0.1) is 26.3 Å². The van der Waals surface area contributed by atoms with Crippen molar-refractivity contribution in [2.75, 3.05) is 88.8 Å². The molecule has 0 aliphatic heterocycles. The van der Waals surface area contributed by atoms with Crippen LogP contribution in [0.3, 0.4) is 0 Å². The van der Waals surface area contributed by atoms with Crippen molar-refractivity contribution in [2.24, 2.45) is 0 Å². The molecule has 0 aliphatic carbocycles. The number of carbonyl (C=O) groups is 6. The molecule has 20 nitrogen and oxygen atoms in total. The van der Waals surface area contributed by atoms with Gasteiger partial charge in [0, 0.05) is 66.3 Å². The number of ether oxygens (including phenoxy) is 10. The normalized spacial score (nSPS) is 11.3. The number of esters is 4. The highest BCUT2D eigenvalue weighted by molar-refractivity contribution is 5.99.